The first-order chi connectivity index (χ1) is 18.9. The maximum Gasteiger partial charge on any atom is 0.306 e. The molecule has 1 aliphatic heterocycles. The topological polar surface area (TPSA) is 160 Å². The molecule has 5 N–H and O–H groups in total. The Bertz CT molecular complexity index is 1080. The summed E-state index contributed by atoms with van der Waals surface area (Å²) in [5, 5.41) is 44.7. The van der Waals surface area contributed by atoms with Gasteiger partial charge in [-0.1, -0.05) is 19.3 Å². The van der Waals surface area contributed by atoms with Gasteiger partial charge < -0.3 is 49.1 Å². The molecule has 39 heavy (non-hydrogen) atoms. The van der Waals surface area contributed by atoms with Crippen LogP contribution < -0.4 is 14.8 Å². The smallest absolute Gasteiger partial charge is 0.306 e. The van der Waals surface area contributed by atoms with Crippen molar-refractivity contribution in [2.24, 2.45) is 0 Å². The van der Waals surface area contributed by atoms with Crippen LogP contribution in [0.1, 0.15) is 62.5 Å². The van der Waals surface area contributed by atoms with E-state index in [0.717, 1.165) is 36.6 Å². The third-order valence-corrected chi connectivity index (χ3v) is 7.51. The Labute approximate surface area is 228 Å². The Balaban J connectivity index is 1.78. The number of aryl methyl sites for hydroxylation is 1. The van der Waals surface area contributed by atoms with Crippen molar-refractivity contribution in [2.45, 2.75) is 88.5 Å². The van der Waals surface area contributed by atoms with Crippen LogP contribution in [-0.4, -0.2) is 90.5 Å². The molecule has 5 atom stereocenters. The molecule has 11 heteroatoms. The molecule has 1 aliphatic carbocycles. The van der Waals surface area contributed by atoms with Crippen molar-refractivity contribution in [1.29, 1.82) is 0 Å². The minimum atomic E-state index is -1.61. The highest BCUT2D eigenvalue weighted by Gasteiger charge is 2.45. The van der Waals surface area contributed by atoms with Crippen molar-refractivity contribution in [1.82, 2.24) is 5.32 Å². The molecule has 0 spiro atoms. The third-order valence-electron chi connectivity index (χ3n) is 7.51. The SMILES string of the molecule is CCOC(=O)CCc1cc2c(C3CCCCC3)coc2c(OCCNC)c1OC1OC(CO)C(O)C(O)C1O. The maximum atomic E-state index is 12.3. The first-order valence-corrected chi connectivity index (χ1v) is 13.9. The summed E-state index contributed by atoms with van der Waals surface area (Å²) >= 11 is 0. The Kier molecular flexibility index (Phi) is 10.4. The molecule has 0 amide bonds. The number of esters is 1. The Hall–Kier alpha value is -2.41. The summed E-state index contributed by atoms with van der Waals surface area (Å²) in [5.74, 6) is 0.464. The van der Waals surface area contributed by atoms with Gasteiger partial charge in [0, 0.05) is 23.9 Å². The predicted octanol–water partition coefficient (Wildman–Crippen LogP) is 1.75. The van der Waals surface area contributed by atoms with Crippen molar-refractivity contribution >= 4 is 16.9 Å². The number of aliphatic hydroxyl groups is 4. The predicted molar refractivity (Wildman–Crippen MR) is 141 cm³/mol. The number of ether oxygens (including phenoxy) is 4. The molecule has 1 aromatic heterocycles. The number of furan rings is 1. The van der Waals surface area contributed by atoms with Gasteiger partial charge in [0.2, 0.25) is 12.0 Å². The quantitative estimate of drug-likeness (QED) is 0.193. The summed E-state index contributed by atoms with van der Waals surface area (Å²) < 4.78 is 29.2. The van der Waals surface area contributed by atoms with Crippen LogP contribution in [-0.2, 0) is 20.7 Å². The van der Waals surface area contributed by atoms with Crippen LogP contribution >= 0.6 is 0 Å². The molecule has 2 aromatic rings. The van der Waals surface area contributed by atoms with E-state index in [4.69, 9.17) is 23.4 Å². The molecule has 0 bridgehead atoms. The largest absolute Gasteiger partial charge is 0.485 e. The van der Waals surface area contributed by atoms with Gasteiger partial charge in [-0.15, -0.1) is 0 Å². The zero-order valence-corrected chi connectivity index (χ0v) is 22.6. The number of likely N-dealkylation sites (N-methyl/N-ethyl adjacent to an activating group) is 1. The van der Waals surface area contributed by atoms with Gasteiger partial charge in [0.05, 0.1) is 19.5 Å². The zero-order chi connectivity index (χ0) is 27.9. The zero-order valence-electron chi connectivity index (χ0n) is 22.6. The lowest BCUT2D eigenvalue weighted by Gasteiger charge is -2.39. The third kappa shape index (κ3) is 6.67. The van der Waals surface area contributed by atoms with Gasteiger partial charge in [-0.2, -0.15) is 0 Å². The van der Waals surface area contributed by atoms with Crippen molar-refractivity contribution < 1.29 is 48.6 Å². The highest BCUT2D eigenvalue weighted by atomic mass is 16.7. The number of nitrogens with one attached hydrogen (secondary N) is 1. The molecule has 5 unspecified atom stereocenters. The fourth-order valence-electron chi connectivity index (χ4n) is 5.38. The lowest BCUT2D eigenvalue weighted by atomic mass is 9.83. The molecule has 2 fully saturated rings. The highest BCUT2D eigenvalue weighted by molar-refractivity contribution is 5.90. The molecule has 4 rings (SSSR count). The Morgan fingerprint density at radius 1 is 1.10 bits per heavy atom. The van der Waals surface area contributed by atoms with Crippen molar-refractivity contribution in [3.8, 4) is 11.5 Å². The standard InChI is InChI=1S/C28H41NO10/c1-3-35-21(31)10-9-17-13-18-19(16-7-5-4-6-8-16)15-37-26(18)27(36-12-11-29-2)25(17)39-28-24(34)23(33)22(32)20(14-30)38-28/h13,15-16,20,22-24,28-30,32-34H,3-12,14H2,1-2H3. The second kappa shape index (κ2) is 13.8. The van der Waals surface area contributed by atoms with E-state index in [1.807, 2.05) is 6.07 Å². The van der Waals surface area contributed by atoms with Gasteiger partial charge in [-0.05, 0) is 50.8 Å². The van der Waals surface area contributed by atoms with E-state index < -0.39 is 37.3 Å². The van der Waals surface area contributed by atoms with Crippen LogP contribution in [0.5, 0.6) is 11.5 Å². The van der Waals surface area contributed by atoms with Crippen LogP contribution in [0, 0.1) is 0 Å². The average molecular weight is 552 g/mol. The lowest BCUT2D eigenvalue weighted by molar-refractivity contribution is -0.277. The average Bonchev–Trinajstić information content (AvgIpc) is 3.37. The Morgan fingerprint density at radius 3 is 2.56 bits per heavy atom. The number of fused-ring (bicyclic) bond motifs is 1. The highest BCUT2D eigenvalue weighted by Crippen LogP contribution is 2.46. The van der Waals surface area contributed by atoms with Gasteiger partial charge >= 0.3 is 5.97 Å². The van der Waals surface area contributed by atoms with Gasteiger partial charge in [-0.3, -0.25) is 4.79 Å². The fraction of sp³-hybridized carbons (Fsp3) is 0.679. The minimum absolute atomic E-state index is 0.0803. The van der Waals surface area contributed by atoms with Crippen molar-refractivity contribution in [3.05, 3.63) is 23.5 Å². The summed E-state index contributed by atoms with van der Waals surface area (Å²) in [6.07, 6.45) is 0.407. The molecule has 1 saturated heterocycles. The van der Waals surface area contributed by atoms with E-state index in [2.05, 4.69) is 5.32 Å². The second-order valence-electron chi connectivity index (χ2n) is 10.2. The monoisotopic (exact) mass is 551 g/mol. The van der Waals surface area contributed by atoms with E-state index >= 15 is 0 Å². The number of benzene rings is 1. The molecular weight excluding hydrogens is 510 g/mol. The van der Waals surface area contributed by atoms with E-state index in [1.165, 1.54) is 6.42 Å². The molecule has 2 heterocycles. The van der Waals surface area contributed by atoms with Crippen LogP contribution in [0.15, 0.2) is 16.7 Å². The lowest BCUT2D eigenvalue weighted by Crippen LogP contribution is -2.60. The van der Waals surface area contributed by atoms with Crippen molar-refractivity contribution in [2.75, 3.05) is 33.4 Å². The number of rotatable bonds is 12. The summed E-state index contributed by atoms with van der Waals surface area (Å²) in [6, 6.07) is 1.92. The van der Waals surface area contributed by atoms with E-state index in [9.17, 15) is 25.2 Å². The van der Waals surface area contributed by atoms with Crippen LogP contribution in [0.25, 0.3) is 11.0 Å². The molecule has 2 aliphatic rings. The maximum absolute atomic E-state index is 12.3. The summed E-state index contributed by atoms with van der Waals surface area (Å²) in [7, 11) is 1.80. The minimum Gasteiger partial charge on any atom is -0.485 e. The summed E-state index contributed by atoms with van der Waals surface area (Å²) in [4.78, 5) is 12.3. The number of carbonyl (C=O) groups is 1. The summed E-state index contributed by atoms with van der Waals surface area (Å²) in [5.41, 5.74) is 2.18. The molecular formula is C28H41NO10. The molecule has 218 valence electrons. The van der Waals surface area contributed by atoms with Gasteiger partial charge in [0.1, 0.15) is 31.0 Å². The van der Waals surface area contributed by atoms with Gasteiger partial charge in [0.25, 0.3) is 0 Å². The number of aliphatic hydroxyl groups excluding tert-OH is 4. The van der Waals surface area contributed by atoms with Gasteiger partial charge in [-0.25, -0.2) is 0 Å². The van der Waals surface area contributed by atoms with Crippen molar-refractivity contribution in [3.63, 3.8) is 0 Å². The van der Waals surface area contributed by atoms with Crippen LogP contribution in [0.4, 0.5) is 0 Å². The van der Waals surface area contributed by atoms with E-state index in [-0.39, 0.29) is 37.8 Å². The molecule has 1 saturated carbocycles. The second-order valence-corrected chi connectivity index (χ2v) is 10.2. The van der Waals surface area contributed by atoms with Crippen LogP contribution in [0.2, 0.25) is 0 Å². The first kappa shape index (κ1) is 29.6. The number of carbonyl (C=O) groups excluding carboxylic acids is 1. The van der Waals surface area contributed by atoms with Crippen LogP contribution in [0.3, 0.4) is 0 Å². The van der Waals surface area contributed by atoms with E-state index in [0.29, 0.717) is 29.4 Å². The Morgan fingerprint density at radius 2 is 1.87 bits per heavy atom. The molecule has 0 radical (unpaired) electrons. The number of hydrogen-bond donors (Lipinski definition) is 5. The number of hydrogen-bond acceptors (Lipinski definition) is 11. The summed E-state index contributed by atoms with van der Waals surface area (Å²) in [6.45, 7) is 2.22. The normalized spacial score (nSPS) is 26.1. The molecule has 1 aromatic carbocycles. The first-order valence-electron chi connectivity index (χ1n) is 13.9. The molecule has 11 nitrogen and oxygen atoms in total. The van der Waals surface area contributed by atoms with Gasteiger partial charge in [0.15, 0.2) is 11.3 Å². The van der Waals surface area contributed by atoms with E-state index in [1.54, 1.807) is 20.2 Å². The fourth-order valence-corrected chi connectivity index (χ4v) is 5.38.